The number of para-hydroxylation sites is 1. The number of rotatable bonds is 6. The van der Waals surface area contributed by atoms with Gasteiger partial charge in [0.25, 0.3) is 0 Å². The van der Waals surface area contributed by atoms with E-state index in [1.54, 1.807) is 0 Å². The molecule has 0 spiro atoms. The van der Waals surface area contributed by atoms with E-state index >= 15 is 0 Å². The van der Waals surface area contributed by atoms with Crippen molar-refractivity contribution in [3.05, 3.63) is 30.3 Å². The Bertz CT molecular complexity index is 270. The molecule has 1 rings (SSSR count). The number of hydrogen-bond donors (Lipinski definition) is 1. The van der Waals surface area contributed by atoms with Crippen LogP contribution < -0.4 is 4.74 Å². The maximum Gasteiger partial charge on any atom is 0.119 e. The van der Waals surface area contributed by atoms with Gasteiger partial charge in [-0.3, -0.25) is 0 Å². The van der Waals surface area contributed by atoms with Crippen LogP contribution in [0.4, 0.5) is 0 Å². The molecule has 0 saturated heterocycles. The van der Waals surface area contributed by atoms with Gasteiger partial charge in [0.1, 0.15) is 5.75 Å². The molecule has 0 unspecified atom stereocenters. The summed E-state index contributed by atoms with van der Waals surface area (Å²) in [6.07, 6.45) is 1.52. The lowest BCUT2D eigenvalue weighted by atomic mass is 10.2. The second kappa shape index (κ2) is 6.49. The Hall–Kier alpha value is -1.02. The Morgan fingerprint density at radius 3 is 2.62 bits per heavy atom. The summed E-state index contributed by atoms with van der Waals surface area (Å²) in [5.41, 5.74) is 0. The minimum atomic E-state index is -2.05. The van der Waals surface area contributed by atoms with E-state index in [1.807, 2.05) is 30.3 Å². The fraction of sp³-hybridized carbons (Fsp3) is 0.455. The monoisotopic (exact) mass is 182 g/mol. The van der Waals surface area contributed by atoms with Crippen LogP contribution in [0.15, 0.2) is 30.3 Å². The third kappa shape index (κ3) is 4.53. The molecule has 0 amide bonds. The molecule has 0 aromatic heterocycles. The van der Waals surface area contributed by atoms with E-state index in [0.29, 0.717) is 13.0 Å². The van der Waals surface area contributed by atoms with E-state index in [0.717, 1.165) is 12.2 Å². The van der Waals surface area contributed by atoms with E-state index in [1.165, 1.54) is 0 Å². The average Bonchev–Trinajstić information content (AvgIpc) is 2.17. The quantitative estimate of drug-likeness (QED) is 0.684. The molecule has 72 valence electrons. The van der Waals surface area contributed by atoms with Crippen molar-refractivity contribution in [2.45, 2.75) is 19.3 Å². The zero-order chi connectivity index (χ0) is 11.1. The molecule has 0 radical (unpaired) electrons. The van der Waals surface area contributed by atoms with Crippen molar-refractivity contribution in [1.82, 2.24) is 0 Å². The Morgan fingerprint density at radius 1 is 1.15 bits per heavy atom. The summed E-state index contributed by atoms with van der Waals surface area (Å²) < 4.78 is 19.2. The van der Waals surface area contributed by atoms with Gasteiger partial charge in [0, 0.05) is 6.56 Å². The second-order valence-corrected chi connectivity index (χ2v) is 2.78. The first-order valence-corrected chi connectivity index (χ1v) is 4.48. The molecule has 1 aromatic carbocycles. The van der Waals surface area contributed by atoms with E-state index in [9.17, 15) is 0 Å². The van der Waals surface area contributed by atoms with Crippen LogP contribution in [-0.2, 0) is 0 Å². The average molecular weight is 182 g/mol. The predicted octanol–water partition coefficient (Wildman–Crippen LogP) is 2.23. The smallest absolute Gasteiger partial charge is 0.119 e. The Morgan fingerprint density at radius 2 is 1.92 bits per heavy atom. The zero-order valence-corrected chi connectivity index (χ0v) is 7.57. The molecule has 0 bridgehead atoms. The normalized spacial score (nSPS) is 13.3. The topological polar surface area (TPSA) is 29.5 Å². The van der Waals surface area contributed by atoms with Crippen molar-refractivity contribution in [1.29, 1.82) is 0 Å². The molecular formula is C11H16O2. The van der Waals surface area contributed by atoms with Gasteiger partial charge in [0.05, 0.1) is 9.35 Å². The number of hydrogen-bond acceptors (Lipinski definition) is 2. The molecule has 0 aliphatic heterocycles. The van der Waals surface area contributed by atoms with Gasteiger partial charge < -0.3 is 9.84 Å². The Balaban J connectivity index is 2.08. The molecule has 0 fully saturated rings. The highest BCUT2D eigenvalue weighted by atomic mass is 16.5. The summed E-state index contributed by atoms with van der Waals surface area (Å²) in [5.74, 6) is 0.824. The standard InChI is InChI=1S/C11H16O2/c12-9-5-2-6-10-13-11-7-3-1-4-8-11/h1,3-4,7-8,12H,2,5-6,9-10H2/i9D2. The third-order valence-electron chi connectivity index (χ3n) is 1.69. The fourth-order valence-corrected chi connectivity index (χ4v) is 1.01. The van der Waals surface area contributed by atoms with Gasteiger partial charge in [0.2, 0.25) is 0 Å². The van der Waals surface area contributed by atoms with E-state index in [4.69, 9.17) is 12.6 Å². The van der Waals surface area contributed by atoms with Crippen LogP contribution in [0.2, 0.25) is 0 Å². The molecule has 0 aliphatic carbocycles. The van der Waals surface area contributed by atoms with Crippen LogP contribution in [0.1, 0.15) is 22.0 Å². The van der Waals surface area contributed by atoms with Crippen molar-refractivity contribution >= 4 is 0 Å². The lowest BCUT2D eigenvalue weighted by molar-refractivity contribution is 0.266. The maximum atomic E-state index is 8.83. The molecular weight excluding hydrogens is 164 g/mol. The molecule has 0 atom stereocenters. The molecule has 0 aliphatic rings. The SMILES string of the molecule is [2H]C([2H])(O)CCCCOc1ccccc1. The molecule has 1 aromatic rings. The van der Waals surface area contributed by atoms with Gasteiger partial charge in [-0.05, 0) is 31.4 Å². The molecule has 0 heterocycles. The summed E-state index contributed by atoms with van der Waals surface area (Å²) in [4.78, 5) is 0. The zero-order valence-electron chi connectivity index (χ0n) is 9.57. The lowest BCUT2D eigenvalue weighted by Crippen LogP contribution is -1.97. The maximum absolute atomic E-state index is 8.83. The van der Waals surface area contributed by atoms with Gasteiger partial charge >= 0.3 is 0 Å². The Kier molecular flexibility index (Phi) is 3.69. The second-order valence-electron chi connectivity index (χ2n) is 2.78. The van der Waals surface area contributed by atoms with Crippen LogP contribution in [0.5, 0.6) is 5.75 Å². The summed E-state index contributed by atoms with van der Waals surface area (Å²) in [7, 11) is 0. The van der Waals surface area contributed by atoms with Crippen LogP contribution in [0.25, 0.3) is 0 Å². The van der Waals surface area contributed by atoms with Crippen LogP contribution in [0.3, 0.4) is 0 Å². The highest BCUT2D eigenvalue weighted by Gasteiger charge is 1.91. The highest BCUT2D eigenvalue weighted by molar-refractivity contribution is 5.20. The molecule has 1 N–H and O–H groups in total. The minimum absolute atomic E-state index is 0.158. The van der Waals surface area contributed by atoms with E-state index < -0.39 is 6.56 Å². The van der Waals surface area contributed by atoms with Gasteiger partial charge in [-0.1, -0.05) is 18.2 Å². The fourth-order valence-electron chi connectivity index (χ4n) is 1.01. The van der Waals surface area contributed by atoms with Crippen LogP contribution in [0, 0.1) is 0 Å². The predicted molar refractivity (Wildman–Crippen MR) is 52.9 cm³/mol. The summed E-state index contributed by atoms with van der Waals surface area (Å²) in [6, 6.07) is 9.49. The molecule has 0 saturated carbocycles. The molecule has 13 heavy (non-hydrogen) atoms. The molecule has 2 nitrogen and oxygen atoms in total. The number of ether oxygens (including phenoxy) is 1. The number of benzene rings is 1. The summed E-state index contributed by atoms with van der Waals surface area (Å²) >= 11 is 0. The third-order valence-corrected chi connectivity index (χ3v) is 1.69. The highest BCUT2D eigenvalue weighted by Crippen LogP contribution is 2.08. The first-order chi connectivity index (χ1) is 7.08. The minimum Gasteiger partial charge on any atom is -0.494 e. The van der Waals surface area contributed by atoms with E-state index in [2.05, 4.69) is 0 Å². The van der Waals surface area contributed by atoms with E-state index in [-0.39, 0.29) is 6.42 Å². The number of aliphatic hydroxyl groups is 1. The van der Waals surface area contributed by atoms with Gasteiger partial charge in [0.15, 0.2) is 0 Å². The first-order valence-electron chi connectivity index (χ1n) is 5.48. The van der Waals surface area contributed by atoms with Gasteiger partial charge in [-0.25, -0.2) is 0 Å². The van der Waals surface area contributed by atoms with Crippen molar-refractivity contribution in [3.8, 4) is 5.75 Å². The van der Waals surface area contributed by atoms with Crippen LogP contribution in [-0.4, -0.2) is 18.3 Å². The summed E-state index contributed by atoms with van der Waals surface area (Å²) in [5, 5.41) is 8.83. The summed E-state index contributed by atoms with van der Waals surface area (Å²) in [6.45, 7) is -1.49. The van der Waals surface area contributed by atoms with Crippen molar-refractivity contribution < 1.29 is 12.6 Å². The molecule has 2 heteroatoms. The lowest BCUT2D eigenvalue weighted by Gasteiger charge is -2.04. The largest absolute Gasteiger partial charge is 0.494 e. The van der Waals surface area contributed by atoms with Crippen molar-refractivity contribution in [2.24, 2.45) is 0 Å². The Labute approximate surface area is 82.0 Å². The first kappa shape index (κ1) is 7.39. The van der Waals surface area contributed by atoms with Gasteiger partial charge in [-0.15, -0.1) is 0 Å². The van der Waals surface area contributed by atoms with Crippen LogP contribution >= 0.6 is 0 Å². The van der Waals surface area contributed by atoms with Crippen molar-refractivity contribution in [3.63, 3.8) is 0 Å². The number of unbranched alkanes of at least 4 members (excludes halogenated alkanes) is 1. The van der Waals surface area contributed by atoms with Crippen molar-refractivity contribution in [2.75, 3.05) is 13.2 Å². The van der Waals surface area contributed by atoms with Gasteiger partial charge in [-0.2, -0.15) is 0 Å².